The summed E-state index contributed by atoms with van der Waals surface area (Å²) in [5, 5.41) is 3.89. The van der Waals surface area contributed by atoms with Crippen molar-refractivity contribution in [1.29, 1.82) is 0 Å². The van der Waals surface area contributed by atoms with Gasteiger partial charge in [0.15, 0.2) is 0 Å². The molecular formula is C22H28N4O2. The molecule has 5 rings (SSSR count). The summed E-state index contributed by atoms with van der Waals surface area (Å²) in [5.41, 5.74) is 0.771. The zero-order valence-corrected chi connectivity index (χ0v) is 16.3. The van der Waals surface area contributed by atoms with Gasteiger partial charge in [0.2, 0.25) is 0 Å². The van der Waals surface area contributed by atoms with Gasteiger partial charge in [0.05, 0.1) is 16.9 Å². The number of aromatic nitrogens is 2. The Balaban J connectivity index is 1.51. The van der Waals surface area contributed by atoms with E-state index in [-0.39, 0.29) is 17.6 Å². The second-order valence-electron chi connectivity index (χ2n) is 8.63. The van der Waals surface area contributed by atoms with Crippen LogP contribution in [0.2, 0.25) is 0 Å². The fourth-order valence-electron chi connectivity index (χ4n) is 4.78. The number of carbonyl (C=O) groups excluding carboxylic acids is 1. The van der Waals surface area contributed by atoms with Crippen molar-refractivity contribution in [1.82, 2.24) is 19.8 Å². The molecule has 1 aromatic heterocycles. The average Bonchev–Trinajstić information content (AvgIpc) is 3.16. The largest absolute Gasteiger partial charge is 0.335 e. The molecule has 1 unspecified atom stereocenters. The van der Waals surface area contributed by atoms with Crippen molar-refractivity contribution in [2.45, 2.75) is 70.0 Å². The van der Waals surface area contributed by atoms with Gasteiger partial charge in [-0.05, 0) is 56.6 Å². The maximum atomic E-state index is 13.2. The Morgan fingerprint density at radius 1 is 1.07 bits per heavy atom. The third kappa shape index (κ3) is 3.29. The van der Waals surface area contributed by atoms with Crippen LogP contribution in [0.4, 0.5) is 4.79 Å². The van der Waals surface area contributed by atoms with Crippen LogP contribution in [0.5, 0.6) is 0 Å². The summed E-state index contributed by atoms with van der Waals surface area (Å²) in [6.07, 6.45) is 8.71. The number of nitrogens with one attached hydrogen (secondary N) is 1. The number of hydrogen-bond donors (Lipinski definition) is 1. The zero-order chi connectivity index (χ0) is 19.1. The third-order valence-corrected chi connectivity index (χ3v) is 6.52. The molecule has 0 bridgehead atoms. The molecule has 2 heterocycles. The van der Waals surface area contributed by atoms with Crippen molar-refractivity contribution < 1.29 is 4.79 Å². The number of para-hydroxylation sites is 1. The van der Waals surface area contributed by atoms with Gasteiger partial charge in [-0.15, -0.1) is 0 Å². The van der Waals surface area contributed by atoms with Gasteiger partial charge in [-0.25, -0.2) is 9.78 Å². The van der Waals surface area contributed by atoms with Crippen LogP contribution in [0.25, 0.3) is 10.9 Å². The number of hydrogen-bond acceptors (Lipinski definition) is 3. The standard InChI is InChI=1S/C22H28N4O2/c27-21-17-8-3-4-9-18(17)24-20(26(21)14-15-11-12-15)19-10-5-13-25(19)22(28)23-16-6-1-2-7-16/h3-4,8-9,15-16,19H,1-2,5-7,10-14H2,(H,23,28). The molecule has 0 radical (unpaired) electrons. The summed E-state index contributed by atoms with van der Waals surface area (Å²) in [4.78, 5) is 33.0. The van der Waals surface area contributed by atoms with Crippen molar-refractivity contribution in [2.75, 3.05) is 6.54 Å². The lowest BCUT2D eigenvalue weighted by Crippen LogP contribution is -2.44. The van der Waals surface area contributed by atoms with E-state index in [4.69, 9.17) is 4.98 Å². The molecule has 1 aliphatic heterocycles. The highest BCUT2D eigenvalue weighted by molar-refractivity contribution is 5.78. The van der Waals surface area contributed by atoms with Gasteiger partial charge in [0.25, 0.3) is 5.56 Å². The van der Waals surface area contributed by atoms with E-state index >= 15 is 0 Å². The quantitative estimate of drug-likeness (QED) is 0.881. The van der Waals surface area contributed by atoms with Crippen LogP contribution in [-0.2, 0) is 6.54 Å². The molecule has 0 spiro atoms. The molecule has 28 heavy (non-hydrogen) atoms. The minimum absolute atomic E-state index is 0.00906. The van der Waals surface area contributed by atoms with E-state index in [0.717, 1.165) is 50.1 Å². The number of benzene rings is 1. The third-order valence-electron chi connectivity index (χ3n) is 6.52. The maximum absolute atomic E-state index is 13.2. The normalized spacial score (nSPS) is 22.9. The molecule has 1 atom stereocenters. The highest BCUT2D eigenvalue weighted by Gasteiger charge is 2.35. The van der Waals surface area contributed by atoms with Crippen LogP contribution in [0.1, 0.15) is 63.2 Å². The van der Waals surface area contributed by atoms with Crippen LogP contribution < -0.4 is 10.9 Å². The van der Waals surface area contributed by atoms with E-state index in [0.29, 0.717) is 17.3 Å². The summed E-state index contributed by atoms with van der Waals surface area (Å²) in [7, 11) is 0. The number of nitrogens with zero attached hydrogens (tertiary/aromatic N) is 3. The first-order valence-corrected chi connectivity index (χ1v) is 10.8. The topological polar surface area (TPSA) is 67.2 Å². The molecule has 1 saturated heterocycles. The van der Waals surface area contributed by atoms with Crippen LogP contribution in [0.15, 0.2) is 29.1 Å². The molecule has 3 aliphatic rings. The summed E-state index contributed by atoms with van der Waals surface area (Å²) in [6.45, 7) is 1.45. The predicted molar refractivity (Wildman–Crippen MR) is 108 cm³/mol. The number of urea groups is 1. The van der Waals surface area contributed by atoms with E-state index < -0.39 is 0 Å². The van der Waals surface area contributed by atoms with Gasteiger partial charge in [-0.2, -0.15) is 0 Å². The lowest BCUT2D eigenvalue weighted by Gasteiger charge is -2.28. The van der Waals surface area contributed by atoms with Crippen LogP contribution >= 0.6 is 0 Å². The predicted octanol–water partition coefficient (Wildman–Crippen LogP) is 3.60. The van der Waals surface area contributed by atoms with Crippen molar-refractivity contribution in [3.8, 4) is 0 Å². The molecule has 148 valence electrons. The molecule has 6 heteroatoms. The monoisotopic (exact) mass is 380 g/mol. The first-order valence-electron chi connectivity index (χ1n) is 10.8. The van der Waals surface area contributed by atoms with Crippen molar-refractivity contribution in [3.05, 3.63) is 40.4 Å². The summed E-state index contributed by atoms with van der Waals surface area (Å²) < 4.78 is 1.87. The van der Waals surface area contributed by atoms with Crippen molar-refractivity contribution >= 4 is 16.9 Å². The summed E-state index contributed by atoms with van der Waals surface area (Å²) >= 11 is 0. The number of carbonyl (C=O) groups is 1. The Hall–Kier alpha value is -2.37. The molecule has 2 saturated carbocycles. The van der Waals surface area contributed by atoms with E-state index in [9.17, 15) is 9.59 Å². The molecular weight excluding hydrogens is 352 g/mol. The molecule has 2 aromatic rings. The van der Waals surface area contributed by atoms with Crippen LogP contribution in [0.3, 0.4) is 0 Å². The second kappa shape index (κ2) is 7.22. The summed E-state index contributed by atoms with van der Waals surface area (Å²) in [6, 6.07) is 7.77. The minimum atomic E-state index is -0.113. The first kappa shape index (κ1) is 17.7. The Kier molecular flexibility index (Phi) is 4.57. The number of amides is 2. The Morgan fingerprint density at radius 3 is 2.64 bits per heavy atom. The SMILES string of the molecule is O=C(NC1CCCC1)N1CCCC1c1nc2ccccc2c(=O)n1CC1CC1. The number of likely N-dealkylation sites (tertiary alicyclic amines) is 1. The van der Waals surface area contributed by atoms with Crippen molar-refractivity contribution in [3.63, 3.8) is 0 Å². The fourth-order valence-corrected chi connectivity index (χ4v) is 4.78. The van der Waals surface area contributed by atoms with E-state index in [1.54, 1.807) is 0 Å². The molecule has 2 amide bonds. The Bertz CT molecular complexity index is 943. The van der Waals surface area contributed by atoms with E-state index in [2.05, 4.69) is 5.32 Å². The smallest absolute Gasteiger partial charge is 0.318 e. The van der Waals surface area contributed by atoms with Gasteiger partial charge >= 0.3 is 6.03 Å². The van der Waals surface area contributed by atoms with Crippen LogP contribution in [0, 0.1) is 5.92 Å². The summed E-state index contributed by atoms with van der Waals surface area (Å²) in [5.74, 6) is 1.34. The fraction of sp³-hybridized carbons (Fsp3) is 0.591. The van der Waals surface area contributed by atoms with Crippen LogP contribution in [-0.4, -0.2) is 33.1 Å². The van der Waals surface area contributed by atoms with Gasteiger partial charge < -0.3 is 10.2 Å². The molecule has 1 aromatic carbocycles. The van der Waals surface area contributed by atoms with Gasteiger partial charge in [-0.1, -0.05) is 25.0 Å². The Labute approximate surface area is 164 Å². The maximum Gasteiger partial charge on any atom is 0.318 e. The van der Waals surface area contributed by atoms with Gasteiger partial charge in [-0.3, -0.25) is 9.36 Å². The number of rotatable bonds is 4. The van der Waals surface area contributed by atoms with Gasteiger partial charge in [0.1, 0.15) is 5.82 Å². The van der Waals surface area contributed by atoms with Crippen molar-refractivity contribution in [2.24, 2.45) is 5.92 Å². The van der Waals surface area contributed by atoms with Gasteiger partial charge in [0, 0.05) is 19.1 Å². The highest BCUT2D eigenvalue weighted by atomic mass is 16.2. The average molecular weight is 380 g/mol. The minimum Gasteiger partial charge on any atom is -0.335 e. The Morgan fingerprint density at radius 2 is 1.86 bits per heavy atom. The first-order chi connectivity index (χ1) is 13.7. The zero-order valence-electron chi connectivity index (χ0n) is 16.3. The lowest BCUT2D eigenvalue weighted by atomic mass is 10.1. The second-order valence-corrected chi connectivity index (χ2v) is 8.63. The highest BCUT2D eigenvalue weighted by Crippen LogP contribution is 2.35. The molecule has 2 aliphatic carbocycles. The van der Waals surface area contributed by atoms with E-state index in [1.807, 2.05) is 33.7 Å². The van der Waals surface area contributed by atoms with E-state index in [1.165, 1.54) is 25.7 Å². The number of fused-ring (bicyclic) bond motifs is 1. The molecule has 3 fully saturated rings. The lowest BCUT2D eigenvalue weighted by molar-refractivity contribution is 0.185. The molecule has 6 nitrogen and oxygen atoms in total. The molecule has 1 N–H and O–H groups in total.